The minimum Gasteiger partial charge on any atom is -0.357 e. The van der Waals surface area contributed by atoms with Crippen molar-refractivity contribution >= 4 is 41.5 Å². The summed E-state index contributed by atoms with van der Waals surface area (Å²) in [5.74, 6) is 0.964. The molecular weight excluding hydrogens is 467 g/mol. The van der Waals surface area contributed by atoms with Gasteiger partial charge >= 0.3 is 0 Å². The maximum absolute atomic E-state index is 12.0. The molecule has 1 aromatic heterocycles. The van der Waals surface area contributed by atoms with Crippen LogP contribution in [0.1, 0.15) is 42.5 Å². The second kappa shape index (κ2) is 11.0. The van der Waals surface area contributed by atoms with E-state index in [1.807, 2.05) is 31.3 Å². The summed E-state index contributed by atoms with van der Waals surface area (Å²) in [4.78, 5) is 16.7. The summed E-state index contributed by atoms with van der Waals surface area (Å²) >= 11 is 0. The van der Waals surface area contributed by atoms with E-state index in [1.54, 1.807) is 0 Å². The lowest BCUT2D eigenvalue weighted by Crippen LogP contribution is -2.38. The van der Waals surface area contributed by atoms with Gasteiger partial charge < -0.3 is 16.0 Å². The number of guanidine groups is 1. The van der Waals surface area contributed by atoms with Crippen molar-refractivity contribution in [3.63, 3.8) is 0 Å². The van der Waals surface area contributed by atoms with Crippen LogP contribution < -0.4 is 16.0 Å². The number of halogens is 1. The van der Waals surface area contributed by atoms with Gasteiger partial charge in [-0.2, -0.15) is 5.10 Å². The Morgan fingerprint density at radius 3 is 2.89 bits per heavy atom. The molecule has 0 radical (unpaired) electrons. The number of anilines is 1. The highest BCUT2D eigenvalue weighted by Crippen LogP contribution is 2.31. The van der Waals surface area contributed by atoms with E-state index in [-0.39, 0.29) is 35.8 Å². The van der Waals surface area contributed by atoms with Crippen LogP contribution in [0.5, 0.6) is 0 Å². The number of aliphatic imine (C=N–C) groups is 1. The molecule has 0 bridgehead atoms. The zero-order valence-corrected chi connectivity index (χ0v) is 18.7. The van der Waals surface area contributed by atoms with E-state index in [4.69, 9.17) is 4.99 Å². The minimum atomic E-state index is 0. The third-order valence-corrected chi connectivity index (χ3v) is 4.77. The lowest BCUT2D eigenvalue weighted by molar-refractivity contribution is -0.116. The first-order chi connectivity index (χ1) is 13.2. The van der Waals surface area contributed by atoms with E-state index in [0.29, 0.717) is 13.0 Å². The molecule has 0 spiro atoms. The average molecular weight is 496 g/mol. The Hall–Kier alpha value is -2.10. The third-order valence-electron chi connectivity index (χ3n) is 4.77. The highest BCUT2D eigenvalue weighted by Gasteiger charge is 2.24. The van der Waals surface area contributed by atoms with Crippen molar-refractivity contribution < 1.29 is 4.79 Å². The Morgan fingerprint density at radius 2 is 2.14 bits per heavy atom. The zero-order chi connectivity index (χ0) is 19.1. The summed E-state index contributed by atoms with van der Waals surface area (Å²) in [5, 5.41) is 16.6. The molecule has 3 rings (SSSR count). The number of H-pyrrole nitrogens is 1. The standard InChI is InChI=1S/C20H28N6O.HI/c1-3-21-20(22-10-6-7-15-13-24-26-14(15)2)23-12-16-11-19(27)25-18-9-5-4-8-17(16)18;/h4-5,8-9,13,16H,3,6-7,10-12H2,1-2H3,(H,24,26)(H,25,27)(H2,21,22,23);1H. The summed E-state index contributed by atoms with van der Waals surface area (Å²) in [5.41, 5.74) is 4.45. The lowest BCUT2D eigenvalue weighted by Gasteiger charge is -2.24. The summed E-state index contributed by atoms with van der Waals surface area (Å²) < 4.78 is 0. The minimum absolute atomic E-state index is 0. The topological polar surface area (TPSA) is 94.2 Å². The quantitative estimate of drug-likeness (QED) is 0.205. The second-order valence-corrected chi connectivity index (χ2v) is 6.81. The van der Waals surface area contributed by atoms with Crippen molar-refractivity contribution in [2.75, 3.05) is 25.0 Å². The average Bonchev–Trinajstić information content (AvgIpc) is 3.07. The van der Waals surface area contributed by atoms with Crippen molar-refractivity contribution in [3.8, 4) is 0 Å². The third kappa shape index (κ3) is 5.95. The van der Waals surface area contributed by atoms with Crippen LogP contribution >= 0.6 is 24.0 Å². The number of aromatic amines is 1. The van der Waals surface area contributed by atoms with Crippen molar-refractivity contribution in [2.24, 2.45) is 4.99 Å². The van der Waals surface area contributed by atoms with Gasteiger partial charge in [-0.05, 0) is 43.9 Å². The predicted molar refractivity (Wildman–Crippen MR) is 123 cm³/mol. The molecule has 1 amide bonds. The van der Waals surface area contributed by atoms with Gasteiger partial charge in [0.2, 0.25) is 5.91 Å². The largest absolute Gasteiger partial charge is 0.357 e. The van der Waals surface area contributed by atoms with E-state index in [2.05, 4.69) is 39.1 Å². The first-order valence-corrected chi connectivity index (χ1v) is 9.57. The van der Waals surface area contributed by atoms with E-state index in [0.717, 1.165) is 48.8 Å². The molecule has 1 atom stereocenters. The number of amides is 1. The summed E-state index contributed by atoms with van der Waals surface area (Å²) in [7, 11) is 0. The van der Waals surface area contributed by atoms with Crippen LogP contribution in [0.4, 0.5) is 5.69 Å². The lowest BCUT2D eigenvalue weighted by atomic mass is 9.91. The number of rotatable bonds is 7. The number of benzene rings is 1. The highest BCUT2D eigenvalue weighted by molar-refractivity contribution is 14.0. The van der Waals surface area contributed by atoms with E-state index in [9.17, 15) is 4.79 Å². The number of fused-ring (bicyclic) bond motifs is 1. The molecule has 152 valence electrons. The molecule has 8 heteroatoms. The van der Waals surface area contributed by atoms with Crippen molar-refractivity contribution in [1.29, 1.82) is 0 Å². The van der Waals surface area contributed by atoms with Crippen LogP contribution in [0.15, 0.2) is 35.5 Å². The molecule has 0 saturated carbocycles. The smallest absolute Gasteiger partial charge is 0.225 e. The summed E-state index contributed by atoms with van der Waals surface area (Å²) in [6.45, 7) is 6.31. The van der Waals surface area contributed by atoms with Gasteiger partial charge in [-0.3, -0.25) is 14.9 Å². The molecule has 2 heterocycles. The van der Waals surface area contributed by atoms with Gasteiger partial charge in [0.1, 0.15) is 0 Å². The Labute approximate surface area is 183 Å². The molecule has 0 saturated heterocycles. The van der Waals surface area contributed by atoms with Crippen LogP contribution in [-0.4, -0.2) is 41.7 Å². The Morgan fingerprint density at radius 1 is 1.32 bits per heavy atom. The number of aryl methyl sites for hydroxylation is 2. The number of hydrogen-bond donors (Lipinski definition) is 4. The van der Waals surface area contributed by atoms with Crippen LogP contribution in [0, 0.1) is 6.92 Å². The van der Waals surface area contributed by atoms with E-state index < -0.39 is 0 Å². The number of hydrogen-bond acceptors (Lipinski definition) is 3. The highest BCUT2D eigenvalue weighted by atomic mass is 127. The van der Waals surface area contributed by atoms with Gasteiger partial charge in [-0.25, -0.2) is 0 Å². The van der Waals surface area contributed by atoms with E-state index in [1.165, 1.54) is 5.56 Å². The van der Waals surface area contributed by atoms with Crippen LogP contribution in [-0.2, 0) is 11.2 Å². The molecule has 1 unspecified atom stereocenters. The fraction of sp³-hybridized carbons (Fsp3) is 0.450. The molecule has 1 aromatic carbocycles. The second-order valence-electron chi connectivity index (χ2n) is 6.81. The monoisotopic (exact) mass is 496 g/mol. The predicted octanol–water partition coefficient (Wildman–Crippen LogP) is 2.95. The van der Waals surface area contributed by atoms with Crippen molar-refractivity contribution in [2.45, 2.75) is 39.0 Å². The van der Waals surface area contributed by atoms with Gasteiger partial charge in [0.25, 0.3) is 0 Å². The van der Waals surface area contributed by atoms with Gasteiger partial charge in [0.15, 0.2) is 5.96 Å². The summed E-state index contributed by atoms with van der Waals surface area (Å²) in [6, 6.07) is 7.97. The van der Waals surface area contributed by atoms with Crippen molar-refractivity contribution in [3.05, 3.63) is 47.3 Å². The fourth-order valence-corrected chi connectivity index (χ4v) is 3.32. The van der Waals surface area contributed by atoms with Gasteiger partial charge in [0, 0.05) is 36.8 Å². The number of para-hydroxylation sites is 1. The number of nitrogens with one attached hydrogen (secondary N) is 4. The fourth-order valence-electron chi connectivity index (χ4n) is 3.32. The first kappa shape index (κ1) is 22.2. The molecule has 1 aliphatic rings. The summed E-state index contributed by atoms with van der Waals surface area (Å²) in [6.07, 6.45) is 4.34. The Balaban J connectivity index is 0.00000280. The number of carbonyl (C=O) groups excluding carboxylic acids is 1. The molecular formula is C20H29IN6O. The molecule has 28 heavy (non-hydrogen) atoms. The number of aromatic nitrogens is 2. The SMILES string of the molecule is CCNC(=NCC1CC(=O)Nc2ccccc21)NCCCc1cn[nH]c1C.I. The number of nitrogens with zero attached hydrogens (tertiary/aromatic N) is 2. The van der Waals surface area contributed by atoms with E-state index >= 15 is 0 Å². The Bertz CT molecular complexity index is 803. The molecule has 2 aromatic rings. The van der Waals surface area contributed by atoms with Gasteiger partial charge in [-0.15, -0.1) is 24.0 Å². The van der Waals surface area contributed by atoms with Gasteiger partial charge in [-0.1, -0.05) is 18.2 Å². The van der Waals surface area contributed by atoms with Gasteiger partial charge in [0.05, 0.1) is 12.7 Å². The normalized spacial score (nSPS) is 16.0. The van der Waals surface area contributed by atoms with Crippen LogP contribution in [0.2, 0.25) is 0 Å². The van der Waals surface area contributed by atoms with Crippen LogP contribution in [0.3, 0.4) is 0 Å². The molecule has 7 nitrogen and oxygen atoms in total. The zero-order valence-electron chi connectivity index (χ0n) is 16.4. The Kier molecular flexibility index (Phi) is 8.75. The maximum Gasteiger partial charge on any atom is 0.225 e. The molecule has 0 fully saturated rings. The van der Waals surface area contributed by atoms with Crippen molar-refractivity contribution in [1.82, 2.24) is 20.8 Å². The number of carbonyl (C=O) groups is 1. The molecule has 0 aliphatic carbocycles. The van der Waals surface area contributed by atoms with Crippen LogP contribution in [0.25, 0.3) is 0 Å². The maximum atomic E-state index is 12.0. The molecule has 1 aliphatic heterocycles. The molecule has 4 N–H and O–H groups in total. The first-order valence-electron chi connectivity index (χ1n) is 9.57.